The number of esters is 1. The molecule has 126 valence electrons. The molecule has 0 radical (unpaired) electrons. The summed E-state index contributed by atoms with van der Waals surface area (Å²) in [5.74, 6) is -0.399. The van der Waals surface area contributed by atoms with E-state index in [-0.39, 0.29) is 30.6 Å². The van der Waals surface area contributed by atoms with E-state index in [2.05, 4.69) is 21.2 Å². The summed E-state index contributed by atoms with van der Waals surface area (Å²) in [6.45, 7) is 2.56. The number of benzene rings is 1. The minimum Gasteiger partial charge on any atom is -0.464 e. The molecule has 1 aromatic rings. The van der Waals surface area contributed by atoms with E-state index < -0.39 is 0 Å². The van der Waals surface area contributed by atoms with Gasteiger partial charge in [-0.3, -0.25) is 4.79 Å². The van der Waals surface area contributed by atoms with E-state index in [0.717, 1.165) is 10.2 Å². The normalized spacial score (nSPS) is 20.3. The summed E-state index contributed by atoms with van der Waals surface area (Å²) in [6, 6.07) is 7.24. The summed E-state index contributed by atoms with van der Waals surface area (Å²) in [5.41, 5.74) is 0.830. The Hall–Kier alpha value is -1.44. The lowest BCUT2D eigenvalue weighted by molar-refractivity contribution is -0.150. The van der Waals surface area contributed by atoms with Crippen LogP contribution in [0.5, 0.6) is 0 Å². The van der Waals surface area contributed by atoms with E-state index in [0.29, 0.717) is 19.6 Å². The topological polar surface area (TPSA) is 67.9 Å². The van der Waals surface area contributed by atoms with Gasteiger partial charge in [-0.15, -0.1) is 0 Å². The number of anilines is 1. The highest BCUT2D eigenvalue weighted by atomic mass is 79.9. The van der Waals surface area contributed by atoms with Crippen LogP contribution in [0.25, 0.3) is 0 Å². The molecule has 0 bridgehead atoms. The molecule has 1 heterocycles. The van der Waals surface area contributed by atoms with Crippen molar-refractivity contribution in [1.82, 2.24) is 5.32 Å². The molecule has 0 aromatic heterocycles. The third kappa shape index (κ3) is 5.02. The predicted molar refractivity (Wildman–Crippen MR) is 90.3 cm³/mol. The number of nitrogens with zero attached hydrogens (tertiary/aromatic N) is 1. The molecule has 2 atom stereocenters. The summed E-state index contributed by atoms with van der Waals surface area (Å²) in [4.78, 5) is 25.4. The van der Waals surface area contributed by atoms with Crippen molar-refractivity contribution in [2.75, 3.05) is 31.7 Å². The highest BCUT2D eigenvalue weighted by molar-refractivity contribution is 9.10. The number of rotatable bonds is 6. The van der Waals surface area contributed by atoms with Gasteiger partial charge in [-0.25, -0.2) is 4.79 Å². The van der Waals surface area contributed by atoms with Crippen molar-refractivity contribution in [2.45, 2.75) is 25.5 Å². The molecule has 0 spiro atoms. The van der Waals surface area contributed by atoms with Gasteiger partial charge in [0, 0.05) is 23.8 Å². The van der Waals surface area contributed by atoms with Crippen LogP contribution in [0.2, 0.25) is 0 Å². The molecular formula is C16H21BrN2O4. The van der Waals surface area contributed by atoms with Crippen molar-refractivity contribution < 1.29 is 19.1 Å². The highest BCUT2D eigenvalue weighted by Crippen LogP contribution is 2.20. The van der Waals surface area contributed by atoms with Gasteiger partial charge in [-0.2, -0.15) is 0 Å². The predicted octanol–water partition coefficient (Wildman–Crippen LogP) is 1.72. The van der Waals surface area contributed by atoms with Gasteiger partial charge < -0.3 is 19.7 Å². The molecule has 1 amide bonds. The van der Waals surface area contributed by atoms with Crippen LogP contribution >= 0.6 is 15.9 Å². The molecule has 0 unspecified atom stereocenters. The van der Waals surface area contributed by atoms with E-state index >= 15 is 0 Å². The van der Waals surface area contributed by atoms with Crippen molar-refractivity contribution in [3.05, 3.63) is 28.7 Å². The van der Waals surface area contributed by atoms with Gasteiger partial charge in [-0.05, 0) is 37.6 Å². The third-order valence-electron chi connectivity index (χ3n) is 3.68. The lowest BCUT2D eigenvalue weighted by Gasteiger charge is -2.21. The van der Waals surface area contributed by atoms with Gasteiger partial charge in [0.15, 0.2) is 0 Å². The molecule has 0 aliphatic carbocycles. The van der Waals surface area contributed by atoms with Gasteiger partial charge in [-0.1, -0.05) is 15.9 Å². The number of carbonyl (C=O) groups excluding carboxylic acids is 2. The van der Waals surface area contributed by atoms with Gasteiger partial charge in [0.05, 0.1) is 18.8 Å². The second-order valence-corrected chi connectivity index (χ2v) is 6.22. The van der Waals surface area contributed by atoms with Gasteiger partial charge >= 0.3 is 5.97 Å². The zero-order chi connectivity index (χ0) is 16.8. The van der Waals surface area contributed by atoms with Crippen molar-refractivity contribution >= 4 is 33.5 Å². The summed E-state index contributed by atoms with van der Waals surface area (Å²) >= 11 is 3.38. The first-order valence-electron chi connectivity index (χ1n) is 7.55. The summed E-state index contributed by atoms with van der Waals surface area (Å²) in [7, 11) is 1.75. The SMILES string of the molecule is CCOC(=O)CO[C@H]1CN[C@H](C(=O)N(C)c2ccc(Br)cc2)C1. The maximum Gasteiger partial charge on any atom is 0.332 e. The average Bonchev–Trinajstić information content (AvgIpc) is 3.01. The fourth-order valence-electron chi connectivity index (χ4n) is 2.43. The second-order valence-electron chi connectivity index (χ2n) is 5.31. The van der Waals surface area contributed by atoms with Crippen molar-refractivity contribution in [3.8, 4) is 0 Å². The standard InChI is InChI=1S/C16H21BrN2O4/c1-3-22-15(20)10-23-13-8-14(18-9-13)16(21)19(2)12-6-4-11(17)5-7-12/h4-7,13-14,18H,3,8-10H2,1-2H3/t13-,14+/m1/s1. The molecule has 2 rings (SSSR count). The zero-order valence-corrected chi connectivity index (χ0v) is 14.8. The molecule has 6 nitrogen and oxygen atoms in total. The summed E-state index contributed by atoms with van der Waals surface area (Å²) in [6.07, 6.45) is 0.380. The minimum absolute atomic E-state index is 0.0189. The fraction of sp³-hybridized carbons (Fsp3) is 0.500. The first-order valence-corrected chi connectivity index (χ1v) is 8.34. The second kappa shape index (κ2) is 8.42. The fourth-order valence-corrected chi connectivity index (χ4v) is 2.70. The number of ether oxygens (including phenoxy) is 2. The molecule has 1 aliphatic heterocycles. The first-order chi connectivity index (χ1) is 11.0. The van der Waals surface area contributed by atoms with E-state index in [1.165, 1.54) is 0 Å². The van der Waals surface area contributed by atoms with Crippen LogP contribution in [0.1, 0.15) is 13.3 Å². The lowest BCUT2D eigenvalue weighted by Crippen LogP contribution is -2.41. The molecule has 1 aliphatic rings. The van der Waals surface area contributed by atoms with Crippen LogP contribution in [0, 0.1) is 0 Å². The highest BCUT2D eigenvalue weighted by Gasteiger charge is 2.32. The van der Waals surface area contributed by atoms with Crippen LogP contribution in [0.4, 0.5) is 5.69 Å². The van der Waals surface area contributed by atoms with Crippen LogP contribution in [0.3, 0.4) is 0 Å². The van der Waals surface area contributed by atoms with Crippen LogP contribution < -0.4 is 10.2 Å². The Bertz CT molecular complexity index is 550. The van der Waals surface area contributed by atoms with Crippen molar-refractivity contribution in [2.24, 2.45) is 0 Å². The Kier molecular flexibility index (Phi) is 6.56. The van der Waals surface area contributed by atoms with E-state index in [1.807, 2.05) is 24.3 Å². The maximum absolute atomic E-state index is 12.5. The molecule has 0 saturated carbocycles. The quantitative estimate of drug-likeness (QED) is 0.756. The average molecular weight is 385 g/mol. The molecule has 23 heavy (non-hydrogen) atoms. The maximum atomic E-state index is 12.5. The van der Waals surface area contributed by atoms with E-state index in [4.69, 9.17) is 9.47 Å². The molecule has 1 aromatic carbocycles. The minimum atomic E-state index is -0.380. The van der Waals surface area contributed by atoms with Crippen LogP contribution in [-0.2, 0) is 19.1 Å². The molecule has 1 saturated heterocycles. The van der Waals surface area contributed by atoms with Gasteiger partial charge in [0.25, 0.3) is 0 Å². The Morgan fingerprint density at radius 1 is 1.35 bits per heavy atom. The smallest absolute Gasteiger partial charge is 0.332 e. The number of amides is 1. The zero-order valence-electron chi connectivity index (χ0n) is 13.3. The third-order valence-corrected chi connectivity index (χ3v) is 4.20. The Labute approximate surface area is 144 Å². The van der Waals surface area contributed by atoms with Gasteiger partial charge in [0.2, 0.25) is 5.91 Å². The molecule has 7 heteroatoms. The number of hydrogen-bond donors (Lipinski definition) is 1. The number of hydrogen-bond acceptors (Lipinski definition) is 5. The molecular weight excluding hydrogens is 364 g/mol. The molecule has 1 N–H and O–H groups in total. The van der Waals surface area contributed by atoms with Crippen molar-refractivity contribution in [1.29, 1.82) is 0 Å². The number of carbonyl (C=O) groups is 2. The Morgan fingerprint density at radius 3 is 2.70 bits per heavy atom. The lowest BCUT2D eigenvalue weighted by atomic mass is 10.1. The van der Waals surface area contributed by atoms with Crippen molar-refractivity contribution in [3.63, 3.8) is 0 Å². The summed E-state index contributed by atoms with van der Waals surface area (Å²) in [5, 5.41) is 3.15. The number of nitrogens with one attached hydrogen (secondary N) is 1. The first kappa shape index (κ1) is 17.9. The van der Waals surface area contributed by atoms with Crippen LogP contribution in [-0.4, -0.2) is 50.8 Å². The number of halogens is 1. The monoisotopic (exact) mass is 384 g/mol. The molecule has 1 fully saturated rings. The largest absolute Gasteiger partial charge is 0.464 e. The van der Waals surface area contributed by atoms with E-state index in [1.54, 1.807) is 18.9 Å². The number of likely N-dealkylation sites (N-methyl/N-ethyl adjacent to an activating group) is 1. The Morgan fingerprint density at radius 2 is 2.04 bits per heavy atom. The van der Waals surface area contributed by atoms with Crippen LogP contribution in [0.15, 0.2) is 28.7 Å². The Balaban J connectivity index is 1.84. The van der Waals surface area contributed by atoms with Gasteiger partial charge in [0.1, 0.15) is 6.61 Å². The van der Waals surface area contributed by atoms with E-state index in [9.17, 15) is 9.59 Å². The summed E-state index contributed by atoms with van der Waals surface area (Å²) < 4.78 is 11.3.